The van der Waals surface area contributed by atoms with Crippen molar-refractivity contribution in [3.05, 3.63) is 29.3 Å². The van der Waals surface area contributed by atoms with E-state index in [-0.39, 0.29) is 24.1 Å². The molecule has 0 spiro atoms. The molecule has 2 heterocycles. The first-order valence-electron chi connectivity index (χ1n) is 9.27. The Balaban J connectivity index is 1.59. The van der Waals surface area contributed by atoms with Gasteiger partial charge >= 0.3 is 0 Å². The van der Waals surface area contributed by atoms with E-state index in [1.54, 1.807) is 29.2 Å². The Hall–Kier alpha value is -2.81. The number of hydrogen-bond donors (Lipinski definition) is 2. The fraction of sp³-hybridized carbons (Fsp3) is 0.421. The zero-order chi connectivity index (χ0) is 20.1. The predicted octanol–water partition coefficient (Wildman–Crippen LogP) is 2.83. The van der Waals surface area contributed by atoms with Crippen LogP contribution in [0.2, 0.25) is 0 Å². The summed E-state index contributed by atoms with van der Waals surface area (Å²) in [5.74, 6) is -0.918. The van der Waals surface area contributed by atoms with Crippen LogP contribution in [0.15, 0.2) is 24.3 Å². The summed E-state index contributed by atoms with van der Waals surface area (Å²) < 4.78 is 0. The van der Waals surface area contributed by atoms with Crippen LogP contribution in [0.3, 0.4) is 0 Å². The maximum atomic E-state index is 12.5. The molecule has 1 aromatic heterocycles. The largest absolute Gasteiger partial charge is 0.326 e. The molecule has 3 amide bonds. The predicted molar refractivity (Wildman–Crippen MR) is 108 cm³/mol. The van der Waals surface area contributed by atoms with Crippen molar-refractivity contribution < 1.29 is 14.4 Å². The van der Waals surface area contributed by atoms with Gasteiger partial charge in [0.15, 0.2) is 0 Å². The van der Waals surface area contributed by atoms with Crippen LogP contribution in [-0.4, -0.2) is 34.5 Å². The van der Waals surface area contributed by atoms with Crippen molar-refractivity contribution >= 4 is 45.6 Å². The van der Waals surface area contributed by atoms with Crippen LogP contribution < -0.4 is 15.5 Å². The van der Waals surface area contributed by atoms with Crippen LogP contribution in [0.5, 0.6) is 0 Å². The third kappa shape index (κ3) is 4.92. The fourth-order valence-corrected chi connectivity index (χ4v) is 3.79. The van der Waals surface area contributed by atoms with Gasteiger partial charge in [0.05, 0.1) is 5.92 Å². The van der Waals surface area contributed by atoms with E-state index in [1.807, 2.05) is 0 Å². The van der Waals surface area contributed by atoms with Gasteiger partial charge in [-0.3, -0.25) is 14.4 Å². The zero-order valence-electron chi connectivity index (χ0n) is 15.9. The number of benzene rings is 1. The number of carbonyl (C=O) groups is 3. The molecular weight excluding hydrogens is 378 g/mol. The third-order valence-electron chi connectivity index (χ3n) is 4.44. The molecule has 148 valence electrons. The normalized spacial score (nSPS) is 16.3. The van der Waals surface area contributed by atoms with E-state index < -0.39 is 5.92 Å². The number of anilines is 3. The molecule has 1 fully saturated rings. The van der Waals surface area contributed by atoms with Crippen LogP contribution in [-0.2, 0) is 20.8 Å². The van der Waals surface area contributed by atoms with E-state index in [4.69, 9.17) is 0 Å². The fourth-order valence-electron chi connectivity index (χ4n) is 3.00. The second-order valence-electron chi connectivity index (χ2n) is 6.73. The highest BCUT2D eigenvalue weighted by Crippen LogP contribution is 2.27. The first kappa shape index (κ1) is 19.9. The summed E-state index contributed by atoms with van der Waals surface area (Å²) in [6, 6.07) is 6.98. The Morgan fingerprint density at radius 3 is 2.64 bits per heavy atom. The molecule has 2 N–H and O–H groups in total. The molecule has 2 aromatic rings. The van der Waals surface area contributed by atoms with Crippen LogP contribution in [0.25, 0.3) is 0 Å². The number of aromatic nitrogens is 2. The molecule has 1 aliphatic heterocycles. The quantitative estimate of drug-likeness (QED) is 0.742. The Morgan fingerprint density at radius 1 is 1.21 bits per heavy atom. The molecular formula is C19H23N5O3S. The number of aryl methyl sites for hydroxylation is 1. The molecule has 0 aliphatic carbocycles. The molecule has 0 radical (unpaired) electrons. The van der Waals surface area contributed by atoms with Gasteiger partial charge in [0.25, 0.3) is 0 Å². The summed E-state index contributed by atoms with van der Waals surface area (Å²) in [7, 11) is 0. The van der Waals surface area contributed by atoms with E-state index in [0.29, 0.717) is 23.1 Å². The molecule has 1 aromatic carbocycles. The lowest BCUT2D eigenvalue weighted by atomic mass is 10.1. The van der Waals surface area contributed by atoms with Gasteiger partial charge in [-0.15, -0.1) is 10.2 Å². The minimum absolute atomic E-state index is 0.103. The van der Waals surface area contributed by atoms with E-state index in [9.17, 15) is 14.4 Å². The molecule has 28 heavy (non-hydrogen) atoms. The summed E-state index contributed by atoms with van der Waals surface area (Å²) in [5.41, 5.74) is 1.36. The molecule has 0 bridgehead atoms. The molecule has 9 heteroatoms. The Labute approximate surface area is 167 Å². The van der Waals surface area contributed by atoms with Crippen molar-refractivity contribution in [1.82, 2.24) is 10.2 Å². The number of amides is 3. The molecule has 1 atom stereocenters. The SMILES string of the molecule is CCCCc1nnc(NC(=O)C2CC(=O)N(c3ccc(NC(C)=O)cc3)C2)s1. The van der Waals surface area contributed by atoms with Gasteiger partial charge in [0.2, 0.25) is 22.9 Å². The first-order valence-corrected chi connectivity index (χ1v) is 10.1. The number of nitrogens with zero attached hydrogens (tertiary/aromatic N) is 3. The molecule has 0 saturated carbocycles. The summed E-state index contributed by atoms with van der Waals surface area (Å²) in [4.78, 5) is 37.6. The second kappa shape index (κ2) is 8.92. The molecule has 3 rings (SSSR count). The van der Waals surface area contributed by atoms with Gasteiger partial charge in [-0.05, 0) is 30.7 Å². The Bertz CT molecular complexity index is 865. The van der Waals surface area contributed by atoms with Gasteiger partial charge in [-0.25, -0.2) is 0 Å². The van der Waals surface area contributed by atoms with Crippen molar-refractivity contribution in [2.75, 3.05) is 22.1 Å². The average molecular weight is 401 g/mol. The van der Waals surface area contributed by atoms with Crippen molar-refractivity contribution in [3.8, 4) is 0 Å². The van der Waals surface area contributed by atoms with Crippen LogP contribution in [0.1, 0.15) is 38.1 Å². The number of carbonyl (C=O) groups excluding carboxylic acids is 3. The lowest BCUT2D eigenvalue weighted by molar-refractivity contribution is -0.122. The molecule has 1 aliphatic rings. The van der Waals surface area contributed by atoms with Gasteiger partial charge in [0.1, 0.15) is 5.01 Å². The van der Waals surface area contributed by atoms with Crippen molar-refractivity contribution in [1.29, 1.82) is 0 Å². The van der Waals surface area contributed by atoms with E-state index in [1.165, 1.54) is 18.3 Å². The number of nitrogens with one attached hydrogen (secondary N) is 2. The molecule has 1 unspecified atom stereocenters. The highest BCUT2D eigenvalue weighted by molar-refractivity contribution is 7.15. The Morgan fingerprint density at radius 2 is 1.96 bits per heavy atom. The topological polar surface area (TPSA) is 104 Å². The minimum atomic E-state index is -0.439. The lowest BCUT2D eigenvalue weighted by Gasteiger charge is -2.17. The minimum Gasteiger partial charge on any atom is -0.326 e. The zero-order valence-corrected chi connectivity index (χ0v) is 16.7. The van der Waals surface area contributed by atoms with Crippen LogP contribution in [0, 0.1) is 5.92 Å². The second-order valence-corrected chi connectivity index (χ2v) is 7.79. The lowest BCUT2D eigenvalue weighted by Crippen LogP contribution is -2.28. The maximum Gasteiger partial charge on any atom is 0.231 e. The van der Waals surface area contributed by atoms with Crippen LogP contribution >= 0.6 is 11.3 Å². The maximum absolute atomic E-state index is 12.5. The standard InChI is InChI=1S/C19H23N5O3S/c1-3-4-5-16-22-23-19(28-16)21-18(27)13-10-17(26)24(11-13)15-8-6-14(7-9-15)20-12(2)25/h6-9,13H,3-5,10-11H2,1-2H3,(H,20,25)(H,21,23,27). The van der Waals surface area contributed by atoms with Gasteiger partial charge in [-0.2, -0.15) is 0 Å². The number of unbranched alkanes of at least 4 members (excludes halogenated alkanes) is 1. The van der Waals surface area contributed by atoms with Gasteiger partial charge in [-0.1, -0.05) is 24.7 Å². The van der Waals surface area contributed by atoms with E-state index >= 15 is 0 Å². The monoisotopic (exact) mass is 401 g/mol. The van der Waals surface area contributed by atoms with Gasteiger partial charge in [0, 0.05) is 37.7 Å². The van der Waals surface area contributed by atoms with Crippen molar-refractivity contribution in [2.45, 2.75) is 39.5 Å². The summed E-state index contributed by atoms with van der Waals surface area (Å²) in [6.07, 6.45) is 3.12. The van der Waals surface area contributed by atoms with Crippen molar-refractivity contribution in [3.63, 3.8) is 0 Å². The number of hydrogen-bond acceptors (Lipinski definition) is 6. The van der Waals surface area contributed by atoms with Gasteiger partial charge < -0.3 is 15.5 Å². The Kier molecular flexibility index (Phi) is 6.35. The smallest absolute Gasteiger partial charge is 0.231 e. The molecule has 1 saturated heterocycles. The summed E-state index contributed by atoms with van der Waals surface area (Å²) >= 11 is 1.38. The first-order chi connectivity index (χ1) is 13.5. The average Bonchev–Trinajstić information content (AvgIpc) is 3.26. The van der Waals surface area contributed by atoms with E-state index in [2.05, 4.69) is 27.8 Å². The highest BCUT2D eigenvalue weighted by atomic mass is 32.1. The summed E-state index contributed by atoms with van der Waals surface area (Å²) in [6.45, 7) is 3.86. The highest BCUT2D eigenvalue weighted by Gasteiger charge is 2.35. The molecule has 8 nitrogen and oxygen atoms in total. The number of rotatable bonds is 7. The van der Waals surface area contributed by atoms with E-state index in [0.717, 1.165) is 24.3 Å². The van der Waals surface area contributed by atoms with Crippen molar-refractivity contribution in [2.24, 2.45) is 5.92 Å². The summed E-state index contributed by atoms with van der Waals surface area (Å²) in [5, 5.41) is 14.9. The van der Waals surface area contributed by atoms with Crippen LogP contribution in [0.4, 0.5) is 16.5 Å². The third-order valence-corrected chi connectivity index (χ3v) is 5.33.